The summed E-state index contributed by atoms with van der Waals surface area (Å²) in [6, 6.07) is 15.3. The van der Waals surface area contributed by atoms with Crippen LogP contribution in [0.15, 0.2) is 65.8 Å². The lowest BCUT2D eigenvalue weighted by Gasteiger charge is -2.30. The number of nitrogens with one attached hydrogen (secondary N) is 2. The minimum Gasteiger partial charge on any atom is -0.369 e. The minimum absolute atomic E-state index is 0.148. The van der Waals surface area contributed by atoms with E-state index in [-0.39, 0.29) is 22.8 Å². The summed E-state index contributed by atoms with van der Waals surface area (Å²) in [7, 11) is -2.21. The number of para-hydroxylation sites is 1. The second kappa shape index (κ2) is 10.9. The number of sulfonamides is 1. The number of aromatic nitrogens is 4. The molecular weight excluding hydrogens is 516 g/mol. The Morgan fingerprint density at radius 2 is 1.79 bits per heavy atom. The van der Waals surface area contributed by atoms with Gasteiger partial charge in [0, 0.05) is 25.3 Å². The molecule has 2 heterocycles. The van der Waals surface area contributed by atoms with Crippen molar-refractivity contribution in [3.05, 3.63) is 60.9 Å². The highest BCUT2D eigenvalue weighted by molar-refractivity contribution is 7.92. The van der Waals surface area contributed by atoms with Crippen LogP contribution in [0.3, 0.4) is 0 Å². The van der Waals surface area contributed by atoms with E-state index >= 15 is 0 Å². The van der Waals surface area contributed by atoms with Gasteiger partial charge in [0.05, 0.1) is 22.8 Å². The molecule has 1 saturated carbocycles. The van der Waals surface area contributed by atoms with Crippen molar-refractivity contribution < 1.29 is 13.2 Å². The number of nitrogens with two attached hydrogens (primary N) is 1. The number of fused-ring (bicyclic) bond motifs is 1. The fraction of sp³-hybridized carbons (Fsp3) is 0.333. The topological polar surface area (TPSA) is 148 Å². The smallest absolute Gasteiger partial charge is 0.264 e. The molecule has 1 aliphatic carbocycles. The first kappa shape index (κ1) is 26.4. The Hall–Kier alpha value is -4.19. The van der Waals surface area contributed by atoms with Crippen molar-refractivity contribution in [2.45, 2.75) is 50.1 Å². The predicted octanol–water partition coefficient (Wildman–Crippen LogP) is 3.87. The van der Waals surface area contributed by atoms with Gasteiger partial charge in [-0.2, -0.15) is 9.97 Å². The fourth-order valence-electron chi connectivity index (χ4n) is 4.92. The number of carbonyl (C=O) groups is 1. The van der Waals surface area contributed by atoms with Gasteiger partial charge < -0.3 is 20.9 Å². The standard InChI is InChI=1S/C27H32N8O3S/c1-3-35-17-29-23-25(32-27(33-26(23)35)31-22-12-8-7-11-21(22)24(28)36)30-18-13-15-20(16-14-18)39(37,38)34(2)19-9-5-4-6-10-19/h4-6,9-10,13-17,21-22H,3,7-8,11-12H2,1-2H3,(H2,28,36)(H2,30,31,32,33). The Balaban J connectivity index is 1.43. The third-order valence-electron chi connectivity index (χ3n) is 7.15. The van der Waals surface area contributed by atoms with Crippen molar-refractivity contribution in [1.82, 2.24) is 19.5 Å². The van der Waals surface area contributed by atoms with Gasteiger partial charge in [0.2, 0.25) is 11.9 Å². The molecule has 0 radical (unpaired) electrons. The number of imidazole rings is 1. The summed E-state index contributed by atoms with van der Waals surface area (Å²) < 4.78 is 29.5. The molecule has 11 nitrogen and oxygen atoms in total. The van der Waals surface area contributed by atoms with Crippen molar-refractivity contribution >= 4 is 50.2 Å². The molecule has 0 aliphatic heterocycles. The number of primary amides is 1. The molecule has 4 N–H and O–H groups in total. The van der Waals surface area contributed by atoms with Gasteiger partial charge in [-0.3, -0.25) is 9.10 Å². The van der Waals surface area contributed by atoms with Crippen LogP contribution in [-0.4, -0.2) is 46.9 Å². The third kappa shape index (κ3) is 5.37. The largest absolute Gasteiger partial charge is 0.369 e. The van der Waals surface area contributed by atoms with Crippen molar-refractivity contribution in [2.24, 2.45) is 11.7 Å². The molecule has 2 unspecified atom stereocenters. The van der Waals surface area contributed by atoms with Crippen LogP contribution in [0, 0.1) is 5.92 Å². The van der Waals surface area contributed by atoms with Gasteiger partial charge in [0.15, 0.2) is 17.0 Å². The lowest BCUT2D eigenvalue weighted by Crippen LogP contribution is -2.40. The maximum absolute atomic E-state index is 13.2. The molecule has 12 heteroatoms. The number of amides is 1. The maximum atomic E-state index is 13.2. The molecule has 0 bridgehead atoms. The molecular formula is C27H32N8O3S. The van der Waals surface area contributed by atoms with E-state index in [0.29, 0.717) is 40.8 Å². The SMILES string of the molecule is CCn1cnc2c(Nc3ccc(S(=O)(=O)N(C)c4ccccc4)cc3)nc(NC3CCCCC3C(N)=O)nc21. The number of aryl methyl sites for hydroxylation is 1. The molecule has 2 aromatic carbocycles. The highest BCUT2D eigenvalue weighted by Crippen LogP contribution is 2.30. The zero-order chi connectivity index (χ0) is 27.6. The van der Waals surface area contributed by atoms with Crippen LogP contribution in [0.2, 0.25) is 0 Å². The van der Waals surface area contributed by atoms with Crippen LogP contribution in [-0.2, 0) is 21.4 Å². The van der Waals surface area contributed by atoms with Gasteiger partial charge in [0.1, 0.15) is 0 Å². The zero-order valence-corrected chi connectivity index (χ0v) is 22.7. The minimum atomic E-state index is -3.74. The lowest BCUT2D eigenvalue weighted by atomic mass is 9.84. The zero-order valence-electron chi connectivity index (χ0n) is 21.9. The summed E-state index contributed by atoms with van der Waals surface area (Å²) >= 11 is 0. The molecule has 4 aromatic rings. The van der Waals surface area contributed by atoms with Crippen molar-refractivity contribution in [3.63, 3.8) is 0 Å². The van der Waals surface area contributed by atoms with Crippen LogP contribution in [0.4, 0.5) is 23.1 Å². The average molecular weight is 549 g/mol. The maximum Gasteiger partial charge on any atom is 0.264 e. The van der Waals surface area contributed by atoms with E-state index in [1.807, 2.05) is 17.6 Å². The molecule has 2 atom stereocenters. The van der Waals surface area contributed by atoms with Crippen LogP contribution >= 0.6 is 0 Å². The summed E-state index contributed by atoms with van der Waals surface area (Å²) in [6.45, 7) is 2.67. The first-order valence-corrected chi connectivity index (χ1v) is 14.4. The molecule has 0 saturated heterocycles. The number of carbonyl (C=O) groups excluding carboxylic acids is 1. The molecule has 1 aliphatic rings. The quantitative estimate of drug-likeness (QED) is 0.285. The first-order chi connectivity index (χ1) is 18.8. The second-order valence-corrected chi connectivity index (χ2v) is 11.6. The number of hydrogen-bond acceptors (Lipinski definition) is 8. The Labute approximate surface area is 227 Å². The molecule has 204 valence electrons. The van der Waals surface area contributed by atoms with Gasteiger partial charge in [0.25, 0.3) is 10.0 Å². The Kier molecular flexibility index (Phi) is 7.38. The summed E-state index contributed by atoms with van der Waals surface area (Å²) in [5.41, 5.74) is 8.11. The van der Waals surface area contributed by atoms with Crippen molar-refractivity contribution in [3.8, 4) is 0 Å². The van der Waals surface area contributed by atoms with Gasteiger partial charge in [-0.1, -0.05) is 31.0 Å². The van der Waals surface area contributed by atoms with E-state index in [0.717, 1.165) is 25.7 Å². The van der Waals surface area contributed by atoms with Gasteiger partial charge in [-0.25, -0.2) is 13.4 Å². The lowest BCUT2D eigenvalue weighted by molar-refractivity contribution is -0.122. The third-order valence-corrected chi connectivity index (χ3v) is 8.95. The number of rotatable bonds is 9. The monoisotopic (exact) mass is 548 g/mol. The van der Waals surface area contributed by atoms with E-state index in [1.165, 1.54) is 11.4 Å². The fourth-order valence-corrected chi connectivity index (χ4v) is 6.11. The number of benzene rings is 2. The molecule has 1 fully saturated rings. The van der Waals surface area contributed by atoms with Crippen molar-refractivity contribution in [2.75, 3.05) is 22.0 Å². The molecule has 39 heavy (non-hydrogen) atoms. The van der Waals surface area contributed by atoms with E-state index in [9.17, 15) is 13.2 Å². The van der Waals surface area contributed by atoms with Gasteiger partial charge in [-0.05, 0) is 56.2 Å². The molecule has 0 spiro atoms. The summed E-state index contributed by atoms with van der Waals surface area (Å²) in [5.74, 6) is 0.243. The molecule has 1 amide bonds. The second-order valence-electron chi connectivity index (χ2n) is 9.60. The normalized spacial score (nSPS) is 17.6. The summed E-state index contributed by atoms with van der Waals surface area (Å²) in [4.78, 5) is 26.1. The Morgan fingerprint density at radius 1 is 1.08 bits per heavy atom. The Morgan fingerprint density at radius 3 is 2.49 bits per heavy atom. The van der Waals surface area contributed by atoms with Gasteiger partial charge >= 0.3 is 0 Å². The highest BCUT2D eigenvalue weighted by atomic mass is 32.2. The Bertz CT molecular complexity index is 1570. The van der Waals surface area contributed by atoms with E-state index in [1.54, 1.807) is 54.9 Å². The van der Waals surface area contributed by atoms with Gasteiger partial charge in [-0.15, -0.1) is 0 Å². The molecule has 2 aromatic heterocycles. The molecule has 5 rings (SSSR count). The number of anilines is 4. The average Bonchev–Trinajstić information content (AvgIpc) is 3.37. The predicted molar refractivity (Wildman–Crippen MR) is 151 cm³/mol. The van der Waals surface area contributed by atoms with Crippen LogP contribution in [0.5, 0.6) is 0 Å². The van der Waals surface area contributed by atoms with E-state index in [2.05, 4.69) is 20.6 Å². The van der Waals surface area contributed by atoms with Crippen LogP contribution < -0.4 is 20.7 Å². The summed E-state index contributed by atoms with van der Waals surface area (Å²) in [6.07, 6.45) is 5.21. The number of hydrogen-bond donors (Lipinski definition) is 3. The summed E-state index contributed by atoms with van der Waals surface area (Å²) in [5, 5.41) is 6.61. The van der Waals surface area contributed by atoms with Crippen LogP contribution in [0.25, 0.3) is 11.2 Å². The van der Waals surface area contributed by atoms with E-state index < -0.39 is 10.0 Å². The van der Waals surface area contributed by atoms with E-state index in [4.69, 9.17) is 10.7 Å². The van der Waals surface area contributed by atoms with Crippen molar-refractivity contribution in [1.29, 1.82) is 0 Å². The number of nitrogens with zero attached hydrogens (tertiary/aromatic N) is 5. The highest BCUT2D eigenvalue weighted by Gasteiger charge is 2.30. The van der Waals surface area contributed by atoms with Crippen LogP contribution in [0.1, 0.15) is 32.6 Å². The first-order valence-electron chi connectivity index (χ1n) is 13.0.